The van der Waals surface area contributed by atoms with Gasteiger partial charge in [-0.25, -0.2) is 13.2 Å². The van der Waals surface area contributed by atoms with Gasteiger partial charge in [-0.2, -0.15) is 4.31 Å². The standard InChI is InChI=1S/C20H22BrNO6S/c1-15(28-18-7-5-17(21)6-8-18)20(23)27-14-16-3-2-4-19(13-16)29(24,25)22-9-11-26-12-10-22/h2-8,13,15H,9-12,14H2,1H3. The first kappa shape index (κ1) is 21.8. The van der Waals surface area contributed by atoms with Gasteiger partial charge in [-0.15, -0.1) is 0 Å². The summed E-state index contributed by atoms with van der Waals surface area (Å²) < 4.78 is 43.9. The Balaban J connectivity index is 1.59. The van der Waals surface area contributed by atoms with Crippen molar-refractivity contribution in [3.63, 3.8) is 0 Å². The number of sulfonamides is 1. The Labute approximate surface area is 178 Å². The number of carbonyl (C=O) groups excluding carboxylic acids is 1. The summed E-state index contributed by atoms with van der Waals surface area (Å²) in [4.78, 5) is 12.4. The first-order chi connectivity index (χ1) is 13.9. The molecule has 0 amide bonds. The molecule has 156 valence electrons. The lowest BCUT2D eigenvalue weighted by Gasteiger charge is -2.26. The highest BCUT2D eigenvalue weighted by Gasteiger charge is 2.26. The molecule has 1 atom stereocenters. The number of nitrogens with zero attached hydrogens (tertiary/aromatic N) is 1. The van der Waals surface area contributed by atoms with E-state index in [0.29, 0.717) is 37.6 Å². The number of carbonyl (C=O) groups is 1. The molecule has 1 aliphatic heterocycles. The average Bonchev–Trinajstić information content (AvgIpc) is 2.74. The first-order valence-corrected chi connectivity index (χ1v) is 11.4. The molecule has 0 bridgehead atoms. The lowest BCUT2D eigenvalue weighted by molar-refractivity contribution is -0.152. The molecule has 0 radical (unpaired) electrons. The van der Waals surface area contributed by atoms with Crippen LogP contribution >= 0.6 is 15.9 Å². The minimum Gasteiger partial charge on any atom is -0.479 e. The molecule has 0 N–H and O–H groups in total. The van der Waals surface area contributed by atoms with Crippen molar-refractivity contribution in [2.75, 3.05) is 26.3 Å². The third-order valence-corrected chi connectivity index (χ3v) is 6.77. The van der Waals surface area contributed by atoms with Gasteiger partial charge in [-0.3, -0.25) is 0 Å². The number of ether oxygens (including phenoxy) is 3. The zero-order valence-electron chi connectivity index (χ0n) is 15.9. The van der Waals surface area contributed by atoms with Gasteiger partial charge in [0.15, 0.2) is 6.10 Å². The van der Waals surface area contributed by atoms with E-state index in [2.05, 4.69) is 15.9 Å². The number of halogens is 1. The van der Waals surface area contributed by atoms with E-state index in [4.69, 9.17) is 14.2 Å². The number of morpholine rings is 1. The van der Waals surface area contributed by atoms with Crippen LogP contribution in [0.15, 0.2) is 57.9 Å². The Morgan fingerprint density at radius 1 is 1.17 bits per heavy atom. The largest absolute Gasteiger partial charge is 0.479 e. The fourth-order valence-electron chi connectivity index (χ4n) is 2.77. The highest BCUT2D eigenvalue weighted by Crippen LogP contribution is 2.20. The Kier molecular flexibility index (Phi) is 7.28. The van der Waals surface area contributed by atoms with Crippen LogP contribution < -0.4 is 4.74 Å². The van der Waals surface area contributed by atoms with Crippen molar-refractivity contribution >= 4 is 31.9 Å². The number of rotatable bonds is 7. The lowest BCUT2D eigenvalue weighted by atomic mass is 10.2. The van der Waals surface area contributed by atoms with Gasteiger partial charge >= 0.3 is 5.97 Å². The predicted molar refractivity (Wildman–Crippen MR) is 110 cm³/mol. The molecule has 1 saturated heterocycles. The highest BCUT2D eigenvalue weighted by atomic mass is 79.9. The van der Waals surface area contributed by atoms with Crippen molar-refractivity contribution in [1.29, 1.82) is 0 Å². The molecule has 0 aliphatic carbocycles. The van der Waals surface area contributed by atoms with Crippen LogP contribution in [0.3, 0.4) is 0 Å². The minimum atomic E-state index is -3.60. The van der Waals surface area contributed by atoms with Gasteiger partial charge in [0.1, 0.15) is 12.4 Å². The first-order valence-electron chi connectivity index (χ1n) is 9.12. The third-order valence-electron chi connectivity index (χ3n) is 4.35. The minimum absolute atomic E-state index is 0.0423. The van der Waals surface area contributed by atoms with Gasteiger partial charge in [-0.05, 0) is 48.9 Å². The van der Waals surface area contributed by atoms with Gasteiger partial charge in [0.05, 0.1) is 18.1 Å². The molecule has 7 nitrogen and oxygen atoms in total. The molecule has 1 fully saturated rings. The summed E-state index contributed by atoms with van der Waals surface area (Å²) in [7, 11) is -3.60. The second kappa shape index (κ2) is 9.71. The van der Waals surface area contributed by atoms with Crippen LogP contribution in [-0.4, -0.2) is 51.1 Å². The maximum absolute atomic E-state index is 12.8. The maximum Gasteiger partial charge on any atom is 0.347 e. The van der Waals surface area contributed by atoms with Gasteiger partial charge in [0.2, 0.25) is 10.0 Å². The van der Waals surface area contributed by atoms with E-state index < -0.39 is 22.1 Å². The summed E-state index contributed by atoms with van der Waals surface area (Å²) in [5, 5.41) is 0. The van der Waals surface area contributed by atoms with E-state index in [1.807, 2.05) is 12.1 Å². The average molecular weight is 484 g/mol. The normalized spacial score (nSPS) is 16.2. The molecule has 9 heteroatoms. The number of benzene rings is 2. The van der Waals surface area contributed by atoms with Crippen LogP contribution in [0.25, 0.3) is 0 Å². The Bertz CT molecular complexity index is 942. The molecule has 0 aromatic heterocycles. The van der Waals surface area contributed by atoms with Crippen LogP contribution in [0.5, 0.6) is 5.75 Å². The molecule has 3 rings (SSSR count). The molecular weight excluding hydrogens is 462 g/mol. The fraction of sp³-hybridized carbons (Fsp3) is 0.350. The van der Waals surface area contributed by atoms with E-state index in [-0.39, 0.29) is 11.5 Å². The summed E-state index contributed by atoms with van der Waals surface area (Å²) >= 11 is 3.34. The van der Waals surface area contributed by atoms with Crippen LogP contribution in [-0.2, 0) is 30.9 Å². The molecule has 0 saturated carbocycles. The smallest absolute Gasteiger partial charge is 0.347 e. The fourth-order valence-corrected chi connectivity index (χ4v) is 4.51. The highest BCUT2D eigenvalue weighted by molar-refractivity contribution is 9.10. The molecule has 1 unspecified atom stereocenters. The second-order valence-corrected chi connectivity index (χ2v) is 9.34. The molecule has 1 heterocycles. The van der Waals surface area contributed by atoms with Crippen molar-refractivity contribution in [1.82, 2.24) is 4.31 Å². The Morgan fingerprint density at radius 2 is 1.86 bits per heavy atom. The topological polar surface area (TPSA) is 82.1 Å². The third kappa shape index (κ3) is 5.79. The van der Waals surface area contributed by atoms with Crippen LogP contribution in [0, 0.1) is 0 Å². The van der Waals surface area contributed by atoms with Gasteiger partial charge in [0, 0.05) is 17.6 Å². The molecule has 2 aromatic rings. The predicted octanol–water partition coefficient (Wildman–Crippen LogP) is 2.98. The van der Waals surface area contributed by atoms with E-state index in [0.717, 1.165) is 4.47 Å². The Hall–Kier alpha value is -1.94. The summed E-state index contributed by atoms with van der Waals surface area (Å²) in [6.07, 6.45) is -0.795. The number of hydrogen-bond donors (Lipinski definition) is 0. The zero-order valence-corrected chi connectivity index (χ0v) is 18.3. The van der Waals surface area contributed by atoms with Crippen molar-refractivity contribution in [3.05, 3.63) is 58.6 Å². The quantitative estimate of drug-likeness (QED) is 0.563. The Morgan fingerprint density at radius 3 is 2.55 bits per heavy atom. The summed E-state index contributed by atoms with van der Waals surface area (Å²) in [6.45, 7) is 2.97. The molecular formula is C20H22BrNO6S. The van der Waals surface area contributed by atoms with Crippen molar-refractivity contribution in [2.24, 2.45) is 0 Å². The molecule has 29 heavy (non-hydrogen) atoms. The number of esters is 1. The molecule has 1 aliphatic rings. The summed E-state index contributed by atoms with van der Waals surface area (Å²) in [5.74, 6) is 0.0191. The van der Waals surface area contributed by atoms with E-state index >= 15 is 0 Å². The molecule has 0 spiro atoms. The lowest BCUT2D eigenvalue weighted by Crippen LogP contribution is -2.40. The van der Waals surface area contributed by atoms with E-state index in [9.17, 15) is 13.2 Å². The van der Waals surface area contributed by atoms with Crippen LogP contribution in [0.4, 0.5) is 0 Å². The monoisotopic (exact) mass is 483 g/mol. The van der Waals surface area contributed by atoms with Crippen LogP contribution in [0.1, 0.15) is 12.5 Å². The van der Waals surface area contributed by atoms with E-state index in [1.54, 1.807) is 31.2 Å². The van der Waals surface area contributed by atoms with E-state index in [1.165, 1.54) is 16.4 Å². The summed E-state index contributed by atoms with van der Waals surface area (Å²) in [6, 6.07) is 13.5. The maximum atomic E-state index is 12.8. The summed E-state index contributed by atoms with van der Waals surface area (Å²) in [5.41, 5.74) is 0.587. The van der Waals surface area contributed by atoms with Gasteiger partial charge < -0.3 is 14.2 Å². The van der Waals surface area contributed by atoms with Gasteiger partial charge in [-0.1, -0.05) is 28.1 Å². The van der Waals surface area contributed by atoms with Gasteiger partial charge in [0.25, 0.3) is 0 Å². The SMILES string of the molecule is CC(Oc1ccc(Br)cc1)C(=O)OCc1cccc(S(=O)(=O)N2CCOCC2)c1. The number of hydrogen-bond acceptors (Lipinski definition) is 6. The van der Waals surface area contributed by atoms with Crippen molar-refractivity contribution in [2.45, 2.75) is 24.5 Å². The van der Waals surface area contributed by atoms with Crippen molar-refractivity contribution < 1.29 is 27.4 Å². The molecule has 2 aromatic carbocycles. The second-order valence-electron chi connectivity index (χ2n) is 6.49. The zero-order chi connectivity index (χ0) is 20.9. The van der Waals surface area contributed by atoms with Crippen LogP contribution in [0.2, 0.25) is 0 Å². The van der Waals surface area contributed by atoms with Crippen molar-refractivity contribution in [3.8, 4) is 5.75 Å².